The van der Waals surface area contributed by atoms with E-state index in [1.165, 1.54) is 0 Å². The largest absolute Gasteiger partial charge is 0.437 e. The first-order chi connectivity index (χ1) is 14.9. The molecule has 176 valence electrons. The van der Waals surface area contributed by atoms with Gasteiger partial charge in [-0.1, -0.05) is 67.6 Å². The van der Waals surface area contributed by atoms with Gasteiger partial charge in [0.25, 0.3) is 0 Å². The van der Waals surface area contributed by atoms with Crippen LogP contribution in [0.1, 0.15) is 29.8 Å². The minimum atomic E-state index is -2.39. The van der Waals surface area contributed by atoms with Gasteiger partial charge in [-0.3, -0.25) is 4.79 Å². The molecule has 0 saturated heterocycles. The van der Waals surface area contributed by atoms with E-state index in [0.29, 0.717) is 18.2 Å². The fraction of sp³-hybridized carbons (Fsp3) is 0.480. The Morgan fingerprint density at radius 2 is 1.28 bits per heavy atom. The molecular formula is C25H40O4Si3. The van der Waals surface area contributed by atoms with Crippen LogP contribution in [0.15, 0.2) is 60.7 Å². The molecule has 0 amide bonds. The van der Waals surface area contributed by atoms with Crippen LogP contribution < -0.4 is 0 Å². The van der Waals surface area contributed by atoms with Crippen molar-refractivity contribution in [3.63, 3.8) is 0 Å². The number of carbonyl (C=O) groups is 1. The van der Waals surface area contributed by atoms with Crippen LogP contribution in [0.2, 0.25) is 51.4 Å². The Kier molecular flexibility index (Phi) is 9.00. The van der Waals surface area contributed by atoms with Gasteiger partial charge in [0.15, 0.2) is 28.0 Å². The van der Waals surface area contributed by atoms with Crippen molar-refractivity contribution in [2.45, 2.75) is 70.8 Å². The Morgan fingerprint density at radius 3 is 1.78 bits per heavy atom. The molecule has 0 heterocycles. The van der Waals surface area contributed by atoms with E-state index in [-0.39, 0.29) is 5.78 Å². The van der Waals surface area contributed by atoms with Crippen molar-refractivity contribution < 1.29 is 17.8 Å². The van der Waals surface area contributed by atoms with E-state index in [0.717, 1.165) is 11.6 Å². The predicted molar refractivity (Wildman–Crippen MR) is 140 cm³/mol. The number of hydrogen-bond acceptors (Lipinski definition) is 4. The van der Waals surface area contributed by atoms with Gasteiger partial charge in [0, 0.05) is 18.2 Å². The van der Waals surface area contributed by atoms with Crippen LogP contribution in [-0.4, -0.2) is 37.6 Å². The fourth-order valence-corrected chi connectivity index (χ4v) is 18.1. The number of carbonyl (C=O) groups excluding carboxylic acids is 1. The first kappa shape index (κ1) is 26.9. The molecule has 0 aliphatic carbocycles. The summed E-state index contributed by atoms with van der Waals surface area (Å²) in [6, 6.07) is 20.9. The maximum Gasteiger partial charge on any atom is 0.311 e. The molecule has 2 rings (SSSR count). The van der Waals surface area contributed by atoms with Crippen molar-refractivity contribution in [3.8, 4) is 0 Å². The molecule has 0 bridgehead atoms. The molecule has 2 aromatic rings. The second-order valence-electron chi connectivity index (χ2n) is 9.97. The minimum Gasteiger partial charge on any atom is -0.437 e. The molecule has 0 N–H and O–H groups in total. The average molecular weight is 489 g/mol. The quantitative estimate of drug-likeness (QED) is 0.239. The highest BCUT2D eigenvalue weighted by molar-refractivity contribution is 6.88. The molecule has 1 unspecified atom stereocenters. The molecule has 0 aliphatic rings. The topological polar surface area (TPSA) is 44.8 Å². The zero-order valence-corrected chi connectivity index (χ0v) is 24.0. The zero-order chi connectivity index (χ0) is 24.0. The molecule has 1 atom stereocenters. The predicted octanol–water partition coefficient (Wildman–Crippen LogP) is 6.97. The smallest absolute Gasteiger partial charge is 0.311 e. The Balaban J connectivity index is 2.49. The lowest BCUT2D eigenvalue weighted by molar-refractivity contribution is -0.0147. The van der Waals surface area contributed by atoms with Crippen LogP contribution in [0.25, 0.3) is 0 Å². The minimum absolute atomic E-state index is 0.0148. The van der Waals surface area contributed by atoms with E-state index >= 15 is 0 Å². The second kappa shape index (κ2) is 10.7. The molecular weight excluding hydrogens is 449 g/mol. The van der Waals surface area contributed by atoms with Crippen molar-refractivity contribution in [1.29, 1.82) is 0 Å². The molecule has 0 fully saturated rings. The first-order valence-electron chi connectivity index (χ1n) is 11.6. The number of ether oxygens (including phenoxy) is 1. The summed E-state index contributed by atoms with van der Waals surface area (Å²) >= 11 is 0. The van der Waals surface area contributed by atoms with E-state index in [2.05, 4.69) is 46.2 Å². The molecule has 7 heteroatoms. The lowest BCUT2D eigenvalue weighted by Gasteiger charge is -2.42. The van der Waals surface area contributed by atoms with Crippen molar-refractivity contribution in [2.75, 3.05) is 6.61 Å². The van der Waals surface area contributed by atoms with Crippen LogP contribution in [0, 0.1) is 0 Å². The molecule has 0 spiro atoms. The van der Waals surface area contributed by atoms with E-state index in [1.54, 1.807) is 0 Å². The third kappa shape index (κ3) is 7.07. The van der Waals surface area contributed by atoms with Gasteiger partial charge in [0.2, 0.25) is 0 Å². The Bertz CT molecular complexity index is 869. The summed E-state index contributed by atoms with van der Waals surface area (Å²) in [5.74, 6) is -0.0148. The molecule has 2 aromatic carbocycles. The maximum absolute atomic E-state index is 14.0. The summed E-state index contributed by atoms with van der Waals surface area (Å²) < 4.78 is 19.8. The highest BCUT2D eigenvalue weighted by atomic mass is 28.5. The van der Waals surface area contributed by atoms with Crippen LogP contribution in [0.5, 0.6) is 0 Å². The van der Waals surface area contributed by atoms with Gasteiger partial charge in [-0.2, -0.15) is 0 Å². The first-order valence-corrected chi connectivity index (χ1v) is 20.6. The maximum atomic E-state index is 14.0. The third-order valence-corrected chi connectivity index (χ3v) is 17.0. The van der Waals surface area contributed by atoms with E-state index in [1.807, 2.05) is 67.6 Å². The lowest BCUT2D eigenvalue weighted by Crippen LogP contribution is -2.55. The summed E-state index contributed by atoms with van der Waals surface area (Å²) in [5, 5.41) is 0. The number of ketones is 1. The van der Waals surface area contributed by atoms with Crippen LogP contribution >= 0.6 is 0 Å². The number of rotatable bonds is 12. The van der Waals surface area contributed by atoms with E-state index < -0.39 is 30.8 Å². The third-order valence-electron chi connectivity index (χ3n) is 5.60. The summed E-state index contributed by atoms with van der Waals surface area (Å²) in [6.45, 7) is 17.7. The Morgan fingerprint density at radius 1 is 0.781 bits per heavy atom. The molecule has 0 saturated carbocycles. The highest BCUT2D eigenvalue weighted by Crippen LogP contribution is 2.39. The SMILES string of the molecule is CCOC(C[Si](C)(C)O[Si](C)(C)O[Si](C)(C)CC)(C(=O)c1ccccc1)c1ccccc1. The van der Waals surface area contributed by atoms with Gasteiger partial charge in [-0.05, 0) is 57.8 Å². The fourth-order valence-electron chi connectivity index (χ4n) is 4.35. The summed E-state index contributed by atoms with van der Waals surface area (Å²) in [5.41, 5.74) is 0.445. The Labute approximate surface area is 197 Å². The van der Waals surface area contributed by atoms with Crippen molar-refractivity contribution in [1.82, 2.24) is 0 Å². The highest BCUT2D eigenvalue weighted by Gasteiger charge is 2.49. The normalized spacial score (nSPS) is 14.8. The number of hydrogen-bond donors (Lipinski definition) is 0. The van der Waals surface area contributed by atoms with E-state index in [9.17, 15) is 4.79 Å². The summed E-state index contributed by atoms with van der Waals surface area (Å²) in [7, 11) is -6.53. The van der Waals surface area contributed by atoms with Crippen molar-refractivity contribution in [2.24, 2.45) is 0 Å². The average Bonchev–Trinajstić information content (AvgIpc) is 2.72. The van der Waals surface area contributed by atoms with Gasteiger partial charge >= 0.3 is 8.56 Å². The van der Waals surface area contributed by atoms with Gasteiger partial charge in [-0.15, -0.1) is 0 Å². The molecule has 0 radical (unpaired) electrons. The van der Waals surface area contributed by atoms with Crippen molar-refractivity contribution in [3.05, 3.63) is 71.8 Å². The standard InChI is InChI=1S/C25H40O4Si3/c1-9-27-25(23-19-15-12-16-20-23,24(26)22-17-13-11-14-18-22)21-31(5,6)29-32(7,8)28-30(3,4)10-2/h11-20H,9-10,21H2,1-8H3. The second-order valence-corrected chi connectivity index (χ2v) is 22.5. The zero-order valence-electron chi connectivity index (χ0n) is 21.0. The number of benzene rings is 2. The molecule has 0 aromatic heterocycles. The summed E-state index contributed by atoms with van der Waals surface area (Å²) in [4.78, 5) is 14.0. The van der Waals surface area contributed by atoms with E-state index in [4.69, 9.17) is 13.0 Å². The van der Waals surface area contributed by atoms with Crippen LogP contribution in [0.4, 0.5) is 0 Å². The Hall–Kier alpha value is -1.36. The van der Waals surface area contributed by atoms with Crippen LogP contribution in [-0.2, 0) is 18.6 Å². The number of Topliss-reactive ketones (excluding diaryl/α,β-unsaturated/α-hetero) is 1. The molecule has 32 heavy (non-hydrogen) atoms. The molecule has 0 aliphatic heterocycles. The van der Waals surface area contributed by atoms with Gasteiger partial charge in [0.1, 0.15) is 0 Å². The lowest BCUT2D eigenvalue weighted by atomic mass is 9.87. The van der Waals surface area contributed by atoms with Gasteiger partial charge in [0.05, 0.1) is 0 Å². The van der Waals surface area contributed by atoms with Crippen LogP contribution in [0.3, 0.4) is 0 Å². The summed E-state index contributed by atoms with van der Waals surface area (Å²) in [6.07, 6.45) is 0. The monoisotopic (exact) mass is 488 g/mol. The van der Waals surface area contributed by atoms with Gasteiger partial charge in [-0.25, -0.2) is 0 Å². The molecule has 4 nitrogen and oxygen atoms in total. The van der Waals surface area contributed by atoms with Crippen molar-refractivity contribution >= 4 is 31.0 Å². The van der Waals surface area contributed by atoms with Gasteiger partial charge < -0.3 is 13.0 Å².